The van der Waals surface area contributed by atoms with Crippen LogP contribution in [0.25, 0.3) is 0 Å². The maximum Gasteiger partial charge on any atom is 0.139 e. The molecule has 0 amide bonds. The molecule has 0 unspecified atom stereocenters. The second kappa shape index (κ2) is 6.00. The van der Waals surface area contributed by atoms with Crippen molar-refractivity contribution in [2.45, 2.75) is 25.5 Å². The van der Waals surface area contributed by atoms with Gasteiger partial charge in [0, 0.05) is 0 Å². The summed E-state index contributed by atoms with van der Waals surface area (Å²) in [4.78, 5) is 0. The normalized spacial score (nSPS) is 15.7. The standard InChI is InChI=1S/C17H21NO/c1-14(12-15-8-4-2-5-9-15)13-17(18,19)16-10-6-3-7-11-16/h2-11,14,19H,12-13,18H2,1H3/t14-,17-/m1/s1. The number of hydrogen-bond acceptors (Lipinski definition) is 2. The van der Waals surface area contributed by atoms with Crippen molar-refractivity contribution in [2.75, 3.05) is 0 Å². The van der Waals surface area contributed by atoms with Crippen molar-refractivity contribution >= 4 is 0 Å². The third kappa shape index (κ3) is 3.91. The summed E-state index contributed by atoms with van der Waals surface area (Å²) in [6.45, 7) is 2.12. The van der Waals surface area contributed by atoms with Gasteiger partial charge in [-0.1, -0.05) is 67.6 Å². The van der Waals surface area contributed by atoms with Crippen molar-refractivity contribution in [1.82, 2.24) is 0 Å². The molecule has 2 aromatic rings. The smallest absolute Gasteiger partial charge is 0.139 e. The zero-order chi connectivity index (χ0) is 13.7. The van der Waals surface area contributed by atoms with E-state index in [4.69, 9.17) is 5.73 Å². The van der Waals surface area contributed by atoms with E-state index < -0.39 is 5.72 Å². The van der Waals surface area contributed by atoms with Gasteiger partial charge in [0.05, 0.1) is 0 Å². The second-order valence-electron chi connectivity index (χ2n) is 5.29. The van der Waals surface area contributed by atoms with Gasteiger partial charge in [-0.05, 0) is 29.9 Å². The summed E-state index contributed by atoms with van der Waals surface area (Å²) in [5.74, 6) is 0.317. The summed E-state index contributed by atoms with van der Waals surface area (Å²) in [6, 6.07) is 19.8. The molecular weight excluding hydrogens is 234 g/mol. The van der Waals surface area contributed by atoms with E-state index in [0.29, 0.717) is 12.3 Å². The average Bonchev–Trinajstić information content (AvgIpc) is 2.40. The predicted octanol–water partition coefficient (Wildman–Crippen LogP) is 3.06. The first-order valence-electron chi connectivity index (χ1n) is 6.68. The molecule has 100 valence electrons. The summed E-state index contributed by atoms with van der Waals surface area (Å²) >= 11 is 0. The third-order valence-electron chi connectivity index (χ3n) is 3.36. The molecule has 2 nitrogen and oxygen atoms in total. The fraction of sp³-hybridized carbons (Fsp3) is 0.294. The van der Waals surface area contributed by atoms with Gasteiger partial charge in [-0.25, -0.2) is 0 Å². The first-order valence-corrected chi connectivity index (χ1v) is 6.68. The Morgan fingerprint density at radius 1 is 1.00 bits per heavy atom. The molecule has 0 bridgehead atoms. The zero-order valence-electron chi connectivity index (χ0n) is 11.3. The fourth-order valence-electron chi connectivity index (χ4n) is 2.46. The van der Waals surface area contributed by atoms with Gasteiger partial charge in [0.2, 0.25) is 0 Å². The van der Waals surface area contributed by atoms with Crippen LogP contribution < -0.4 is 5.73 Å². The lowest BCUT2D eigenvalue weighted by Gasteiger charge is -2.27. The lowest BCUT2D eigenvalue weighted by Crippen LogP contribution is -2.38. The summed E-state index contributed by atoms with van der Waals surface area (Å²) in [6.07, 6.45) is 1.47. The van der Waals surface area contributed by atoms with Gasteiger partial charge in [0.1, 0.15) is 5.72 Å². The van der Waals surface area contributed by atoms with Gasteiger partial charge in [-0.3, -0.25) is 5.73 Å². The van der Waals surface area contributed by atoms with E-state index in [0.717, 1.165) is 12.0 Å². The number of aliphatic hydroxyl groups is 1. The second-order valence-corrected chi connectivity index (χ2v) is 5.29. The Labute approximate surface area is 114 Å². The van der Waals surface area contributed by atoms with Crippen LogP contribution in [0.1, 0.15) is 24.5 Å². The first-order chi connectivity index (χ1) is 9.08. The van der Waals surface area contributed by atoms with E-state index in [2.05, 4.69) is 19.1 Å². The van der Waals surface area contributed by atoms with E-state index in [1.807, 2.05) is 48.5 Å². The molecule has 0 aromatic heterocycles. The van der Waals surface area contributed by atoms with Crippen molar-refractivity contribution in [1.29, 1.82) is 0 Å². The minimum absolute atomic E-state index is 0.317. The number of benzene rings is 2. The SMILES string of the molecule is C[C@H](Cc1ccccc1)C[C@@](N)(O)c1ccccc1. The van der Waals surface area contributed by atoms with Crippen LogP contribution in [0.5, 0.6) is 0 Å². The average molecular weight is 255 g/mol. The Kier molecular flexibility index (Phi) is 4.35. The van der Waals surface area contributed by atoms with Crippen LogP contribution in [0.3, 0.4) is 0 Å². The van der Waals surface area contributed by atoms with Gasteiger partial charge >= 0.3 is 0 Å². The number of rotatable bonds is 5. The van der Waals surface area contributed by atoms with Crippen LogP contribution in [0.4, 0.5) is 0 Å². The highest BCUT2D eigenvalue weighted by Crippen LogP contribution is 2.25. The zero-order valence-corrected chi connectivity index (χ0v) is 11.3. The molecule has 19 heavy (non-hydrogen) atoms. The van der Waals surface area contributed by atoms with Crippen molar-refractivity contribution in [3.63, 3.8) is 0 Å². The molecule has 0 saturated carbocycles. The van der Waals surface area contributed by atoms with Crippen LogP contribution in [0.15, 0.2) is 60.7 Å². The van der Waals surface area contributed by atoms with Gasteiger partial charge in [0.15, 0.2) is 0 Å². The Morgan fingerprint density at radius 3 is 2.11 bits per heavy atom. The molecule has 2 atom stereocenters. The summed E-state index contributed by atoms with van der Waals surface area (Å²) in [5.41, 5.74) is 6.84. The molecule has 0 heterocycles. The highest BCUT2D eigenvalue weighted by molar-refractivity contribution is 5.21. The first kappa shape index (κ1) is 13.8. The van der Waals surface area contributed by atoms with Crippen LogP contribution in [0, 0.1) is 5.92 Å². The van der Waals surface area contributed by atoms with Crippen molar-refractivity contribution in [2.24, 2.45) is 11.7 Å². The van der Waals surface area contributed by atoms with Crippen molar-refractivity contribution < 1.29 is 5.11 Å². The molecule has 0 fully saturated rings. The monoisotopic (exact) mass is 255 g/mol. The highest BCUT2D eigenvalue weighted by Gasteiger charge is 2.26. The van der Waals surface area contributed by atoms with Gasteiger partial charge in [-0.15, -0.1) is 0 Å². The largest absolute Gasteiger partial charge is 0.372 e. The quantitative estimate of drug-likeness (QED) is 0.807. The highest BCUT2D eigenvalue weighted by atomic mass is 16.3. The molecule has 0 aliphatic heterocycles. The minimum atomic E-state index is -1.25. The summed E-state index contributed by atoms with van der Waals surface area (Å²) in [5, 5.41) is 10.4. The molecule has 0 saturated heterocycles. The maximum atomic E-state index is 10.4. The molecule has 2 heteroatoms. The molecule has 0 aliphatic carbocycles. The van der Waals surface area contributed by atoms with Crippen LogP contribution in [0.2, 0.25) is 0 Å². The van der Waals surface area contributed by atoms with Gasteiger partial charge in [0.25, 0.3) is 0 Å². The summed E-state index contributed by atoms with van der Waals surface area (Å²) < 4.78 is 0. The Hall–Kier alpha value is -1.64. The maximum absolute atomic E-state index is 10.4. The van der Waals surface area contributed by atoms with E-state index in [1.54, 1.807) is 0 Å². The molecule has 2 aromatic carbocycles. The molecule has 3 N–H and O–H groups in total. The van der Waals surface area contributed by atoms with Crippen molar-refractivity contribution in [3.8, 4) is 0 Å². The van der Waals surface area contributed by atoms with Crippen LogP contribution in [-0.4, -0.2) is 5.11 Å². The minimum Gasteiger partial charge on any atom is -0.372 e. The molecule has 0 radical (unpaired) electrons. The molecule has 2 rings (SSSR count). The van der Waals surface area contributed by atoms with Crippen molar-refractivity contribution in [3.05, 3.63) is 71.8 Å². The van der Waals surface area contributed by atoms with E-state index >= 15 is 0 Å². The topological polar surface area (TPSA) is 46.2 Å². The predicted molar refractivity (Wildman–Crippen MR) is 78.5 cm³/mol. The third-order valence-corrected chi connectivity index (χ3v) is 3.36. The number of nitrogens with two attached hydrogens (primary N) is 1. The molecule has 0 aliphatic rings. The van der Waals surface area contributed by atoms with Gasteiger partial charge in [-0.2, -0.15) is 0 Å². The van der Waals surface area contributed by atoms with Crippen LogP contribution in [-0.2, 0) is 12.1 Å². The Bertz CT molecular complexity index is 493. The van der Waals surface area contributed by atoms with E-state index in [-0.39, 0.29) is 0 Å². The van der Waals surface area contributed by atoms with Crippen LogP contribution >= 0.6 is 0 Å². The summed E-state index contributed by atoms with van der Waals surface area (Å²) in [7, 11) is 0. The fourth-order valence-corrected chi connectivity index (χ4v) is 2.46. The lowest BCUT2D eigenvalue weighted by atomic mass is 9.89. The number of hydrogen-bond donors (Lipinski definition) is 2. The van der Waals surface area contributed by atoms with E-state index in [1.165, 1.54) is 5.56 Å². The van der Waals surface area contributed by atoms with Gasteiger partial charge < -0.3 is 5.11 Å². The molecule has 0 spiro atoms. The molecular formula is C17H21NO. The Morgan fingerprint density at radius 2 is 1.53 bits per heavy atom. The van der Waals surface area contributed by atoms with E-state index in [9.17, 15) is 5.11 Å². The Balaban J connectivity index is 2.00. The lowest BCUT2D eigenvalue weighted by molar-refractivity contribution is 0.0195.